The summed E-state index contributed by atoms with van der Waals surface area (Å²) < 4.78 is 3.67. The fraction of sp³-hybridized carbons (Fsp3) is 0.286. The second-order valence-corrected chi connectivity index (χ2v) is 5.09. The maximum absolute atomic E-state index is 10.4. The average molecular weight is 315 g/mol. The highest BCUT2D eigenvalue weighted by Gasteiger charge is 2.06. The molecule has 0 spiro atoms. The van der Waals surface area contributed by atoms with Crippen molar-refractivity contribution in [2.24, 2.45) is 7.05 Å². The molecule has 9 nitrogen and oxygen atoms in total. The van der Waals surface area contributed by atoms with Crippen LogP contribution in [0, 0.1) is 0 Å². The minimum atomic E-state index is -1.01. The number of aryl methyl sites for hydroxylation is 2. The number of nitrogens with one attached hydrogen (secondary N) is 2. The molecular formula is C14H17N7O2. The molecule has 0 saturated carbocycles. The topological polar surface area (TPSA) is 110 Å². The van der Waals surface area contributed by atoms with Crippen LogP contribution in [-0.4, -0.2) is 42.1 Å². The Morgan fingerprint density at radius 2 is 2.26 bits per heavy atom. The summed E-state index contributed by atoms with van der Waals surface area (Å²) in [6, 6.07) is 1.94. The molecule has 9 heteroatoms. The number of aromatic nitrogens is 5. The van der Waals surface area contributed by atoms with E-state index in [0.717, 1.165) is 16.7 Å². The van der Waals surface area contributed by atoms with E-state index in [1.807, 2.05) is 30.1 Å². The zero-order chi connectivity index (χ0) is 16.2. The van der Waals surface area contributed by atoms with Crippen molar-refractivity contribution >= 4 is 28.8 Å². The molecule has 0 saturated heterocycles. The van der Waals surface area contributed by atoms with Gasteiger partial charge < -0.3 is 20.3 Å². The van der Waals surface area contributed by atoms with Crippen LogP contribution in [0.2, 0.25) is 0 Å². The van der Waals surface area contributed by atoms with E-state index in [0.29, 0.717) is 25.5 Å². The van der Waals surface area contributed by atoms with E-state index in [1.54, 1.807) is 17.1 Å². The molecule has 0 unspecified atom stereocenters. The molecule has 120 valence electrons. The molecule has 3 rings (SSSR count). The summed E-state index contributed by atoms with van der Waals surface area (Å²) in [4.78, 5) is 19.2. The van der Waals surface area contributed by atoms with E-state index in [4.69, 9.17) is 5.11 Å². The molecule has 3 N–H and O–H groups in total. The summed E-state index contributed by atoms with van der Waals surface area (Å²) in [5.74, 6) is 0.495. The van der Waals surface area contributed by atoms with Gasteiger partial charge in [-0.2, -0.15) is 10.1 Å². The van der Waals surface area contributed by atoms with Crippen LogP contribution in [0.5, 0.6) is 0 Å². The van der Waals surface area contributed by atoms with Crippen molar-refractivity contribution in [3.63, 3.8) is 0 Å². The summed E-state index contributed by atoms with van der Waals surface area (Å²) in [7, 11) is 1.84. The number of fused-ring (bicyclic) bond motifs is 1. The van der Waals surface area contributed by atoms with E-state index in [-0.39, 0.29) is 0 Å². The standard InChI is InChI=1S/C14H17N7O2/c1-20-9-11(8-17-20)18-13-16-7-10-3-6-21(12(10)19-13)5-2-4-15-14(22)23/h3,6-9,15H,2,4-5H2,1H3,(H,22,23)(H,16,18,19). The largest absolute Gasteiger partial charge is 0.465 e. The molecular weight excluding hydrogens is 298 g/mol. The highest BCUT2D eigenvalue weighted by molar-refractivity contribution is 5.76. The molecule has 3 aromatic rings. The van der Waals surface area contributed by atoms with E-state index in [2.05, 4.69) is 25.7 Å². The van der Waals surface area contributed by atoms with Crippen LogP contribution >= 0.6 is 0 Å². The van der Waals surface area contributed by atoms with Crippen LogP contribution < -0.4 is 10.6 Å². The lowest BCUT2D eigenvalue weighted by molar-refractivity contribution is 0.194. The Morgan fingerprint density at radius 1 is 1.39 bits per heavy atom. The number of carboxylic acid groups (broad SMARTS) is 1. The first-order valence-corrected chi connectivity index (χ1v) is 7.16. The zero-order valence-corrected chi connectivity index (χ0v) is 12.6. The summed E-state index contributed by atoms with van der Waals surface area (Å²) in [6.45, 7) is 1.08. The summed E-state index contributed by atoms with van der Waals surface area (Å²) in [6.07, 6.45) is 6.90. The number of hydrogen-bond donors (Lipinski definition) is 3. The maximum Gasteiger partial charge on any atom is 0.404 e. The highest BCUT2D eigenvalue weighted by atomic mass is 16.4. The number of hydrogen-bond acceptors (Lipinski definition) is 5. The van der Waals surface area contributed by atoms with Crippen molar-refractivity contribution in [3.8, 4) is 0 Å². The minimum Gasteiger partial charge on any atom is -0.465 e. The molecule has 0 bridgehead atoms. The molecule has 0 atom stereocenters. The predicted molar refractivity (Wildman–Crippen MR) is 84.7 cm³/mol. The SMILES string of the molecule is Cn1cc(Nc2ncc3ccn(CCCNC(=O)O)c3n2)cn1. The van der Waals surface area contributed by atoms with Crippen LogP contribution in [0.1, 0.15) is 6.42 Å². The summed E-state index contributed by atoms with van der Waals surface area (Å²) in [5, 5.41) is 19.0. The first-order chi connectivity index (χ1) is 11.1. The second kappa shape index (κ2) is 6.34. The lowest BCUT2D eigenvalue weighted by Crippen LogP contribution is -2.22. The van der Waals surface area contributed by atoms with Crippen LogP contribution in [0.4, 0.5) is 16.4 Å². The maximum atomic E-state index is 10.4. The highest BCUT2D eigenvalue weighted by Crippen LogP contribution is 2.17. The number of nitrogens with zero attached hydrogens (tertiary/aromatic N) is 5. The Labute approximate surface area is 132 Å². The zero-order valence-electron chi connectivity index (χ0n) is 12.6. The van der Waals surface area contributed by atoms with Crippen LogP contribution in [-0.2, 0) is 13.6 Å². The monoisotopic (exact) mass is 315 g/mol. The van der Waals surface area contributed by atoms with Gasteiger partial charge in [-0.05, 0) is 12.5 Å². The third-order valence-corrected chi connectivity index (χ3v) is 3.32. The normalized spacial score (nSPS) is 10.8. The number of anilines is 2. The van der Waals surface area contributed by atoms with Gasteiger partial charge in [0, 0.05) is 44.1 Å². The van der Waals surface area contributed by atoms with Crippen molar-refractivity contribution in [2.75, 3.05) is 11.9 Å². The molecule has 0 aliphatic heterocycles. The lowest BCUT2D eigenvalue weighted by Gasteiger charge is -2.06. The summed E-state index contributed by atoms with van der Waals surface area (Å²) in [5.41, 5.74) is 1.62. The predicted octanol–water partition coefficient (Wildman–Crippen LogP) is 1.57. The molecule has 3 aromatic heterocycles. The molecule has 23 heavy (non-hydrogen) atoms. The summed E-state index contributed by atoms with van der Waals surface area (Å²) >= 11 is 0. The first-order valence-electron chi connectivity index (χ1n) is 7.16. The second-order valence-electron chi connectivity index (χ2n) is 5.09. The molecule has 0 aliphatic rings. The van der Waals surface area contributed by atoms with Gasteiger partial charge in [-0.3, -0.25) is 4.68 Å². The molecule has 0 aromatic carbocycles. The van der Waals surface area contributed by atoms with Crippen LogP contribution in [0.15, 0.2) is 30.9 Å². The van der Waals surface area contributed by atoms with Gasteiger partial charge in [0.15, 0.2) is 0 Å². The van der Waals surface area contributed by atoms with Crippen molar-refractivity contribution in [1.82, 2.24) is 29.6 Å². The number of rotatable bonds is 6. The van der Waals surface area contributed by atoms with E-state index in [9.17, 15) is 4.79 Å². The molecule has 0 aliphatic carbocycles. The minimum absolute atomic E-state index is 0.404. The van der Waals surface area contributed by atoms with Gasteiger partial charge in [0.05, 0.1) is 11.9 Å². The number of carbonyl (C=O) groups is 1. The third-order valence-electron chi connectivity index (χ3n) is 3.32. The van der Waals surface area contributed by atoms with Crippen LogP contribution in [0.25, 0.3) is 11.0 Å². The third kappa shape index (κ3) is 3.57. The Balaban J connectivity index is 1.72. The van der Waals surface area contributed by atoms with Crippen molar-refractivity contribution in [2.45, 2.75) is 13.0 Å². The van der Waals surface area contributed by atoms with Gasteiger partial charge in [-0.25, -0.2) is 9.78 Å². The van der Waals surface area contributed by atoms with Gasteiger partial charge in [0.25, 0.3) is 0 Å². The van der Waals surface area contributed by atoms with Crippen molar-refractivity contribution in [1.29, 1.82) is 0 Å². The van der Waals surface area contributed by atoms with Gasteiger partial charge in [-0.15, -0.1) is 0 Å². The molecule has 1 amide bonds. The van der Waals surface area contributed by atoms with Gasteiger partial charge >= 0.3 is 6.09 Å². The number of amides is 1. The smallest absolute Gasteiger partial charge is 0.404 e. The van der Waals surface area contributed by atoms with E-state index in [1.165, 1.54) is 0 Å². The van der Waals surface area contributed by atoms with Crippen LogP contribution in [0.3, 0.4) is 0 Å². The van der Waals surface area contributed by atoms with Gasteiger partial charge in [-0.1, -0.05) is 0 Å². The Hall–Kier alpha value is -3.10. The van der Waals surface area contributed by atoms with Gasteiger partial charge in [0.1, 0.15) is 5.65 Å². The van der Waals surface area contributed by atoms with Gasteiger partial charge in [0.2, 0.25) is 5.95 Å². The van der Waals surface area contributed by atoms with Crippen molar-refractivity contribution in [3.05, 3.63) is 30.9 Å². The van der Waals surface area contributed by atoms with E-state index < -0.39 is 6.09 Å². The fourth-order valence-corrected chi connectivity index (χ4v) is 2.27. The van der Waals surface area contributed by atoms with E-state index >= 15 is 0 Å². The Kier molecular flexibility index (Phi) is 4.09. The lowest BCUT2D eigenvalue weighted by atomic mass is 10.4. The molecule has 3 heterocycles. The Bertz CT molecular complexity index is 824. The first kappa shape index (κ1) is 14.8. The fourth-order valence-electron chi connectivity index (χ4n) is 2.27. The quantitative estimate of drug-likeness (QED) is 0.596. The van der Waals surface area contributed by atoms with Crippen molar-refractivity contribution < 1.29 is 9.90 Å². The molecule has 0 radical (unpaired) electrons. The Morgan fingerprint density at radius 3 is 3.00 bits per heavy atom. The molecule has 0 fully saturated rings. The average Bonchev–Trinajstić information content (AvgIpc) is 3.10.